The van der Waals surface area contributed by atoms with E-state index in [2.05, 4.69) is 0 Å². The molecule has 0 spiro atoms. The Morgan fingerprint density at radius 2 is 1.70 bits per heavy atom. The Morgan fingerprint density at radius 1 is 0.957 bits per heavy atom. The van der Waals surface area contributed by atoms with Crippen LogP contribution >= 0.6 is 11.6 Å². The van der Waals surface area contributed by atoms with Crippen LogP contribution < -0.4 is 5.56 Å². The van der Waals surface area contributed by atoms with Crippen LogP contribution in [0.25, 0.3) is 11.1 Å². The van der Waals surface area contributed by atoms with Crippen LogP contribution in [0.4, 0.5) is 8.78 Å². The Kier molecular flexibility index (Phi) is 4.26. The summed E-state index contributed by atoms with van der Waals surface area (Å²) >= 11 is 5.84. The average Bonchev–Trinajstić information content (AvgIpc) is 2.54. The molecule has 0 fully saturated rings. The third-order valence-corrected chi connectivity index (χ3v) is 3.74. The van der Waals surface area contributed by atoms with Gasteiger partial charge in [0.2, 0.25) is 0 Å². The first-order chi connectivity index (χ1) is 11.0. The van der Waals surface area contributed by atoms with Crippen molar-refractivity contribution in [1.82, 2.24) is 4.57 Å². The molecule has 0 aliphatic heterocycles. The van der Waals surface area contributed by atoms with Crippen molar-refractivity contribution in [2.24, 2.45) is 0 Å². The van der Waals surface area contributed by atoms with Gasteiger partial charge in [-0.15, -0.1) is 0 Å². The molecule has 0 saturated heterocycles. The Labute approximate surface area is 136 Å². The van der Waals surface area contributed by atoms with E-state index in [0.29, 0.717) is 17.1 Å². The third kappa shape index (κ3) is 3.48. The zero-order valence-corrected chi connectivity index (χ0v) is 12.7. The molecule has 0 aliphatic carbocycles. The molecule has 1 heterocycles. The minimum absolute atomic E-state index is 0.120. The molecule has 0 radical (unpaired) electrons. The van der Waals surface area contributed by atoms with Crippen LogP contribution in [0.3, 0.4) is 0 Å². The van der Waals surface area contributed by atoms with Crippen LogP contribution in [0, 0.1) is 11.6 Å². The van der Waals surface area contributed by atoms with Gasteiger partial charge in [0.15, 0.2) is 0 Å². The third-order valence-electron chi connectivity index (χ3n) is 3.49. The summed E-state index contributed by atoms with van der Waals surface area (Å²) in [4.78, 5) is 12.0. The number of nitrogens with zero attached hydrogens (tertiary/aromatic N) is 1. The first-order valence-corrected chi connectivity index (χ1v) is 7.31. The second-order valence-corrected chi connectivity index (χ2v) is 5.57. The molecule has 0 unspecified atom stereocenters. The standard InChI is InChI=1S/C18H12ClF2NO/c19-14-4-1-12(2-5-14)10-22-11-13(3-8-18(22)23)16-9-15(20)6-7-17(16)21/h1-9,11H,10H2. The summed E-state index contributed by atoms with van der Waals surface area (Å²) in [7, 11) is 0. The van der Waals surface area contributed by atoms with Gasteiger partial charge in [0.05, 0.1) is 6.54 Å². The maximum atomic E-state index is 13.9. The normalized spacial score (nSPS) is 10.7. The van der Waals surface area contributed by atoms with Crippen LogP contribution in [-0.4, -0.2) is 4.57 Å². The first-order valence-electron chi connectivity index (χ1n) is 6.93. The lowest BCUT2D eigenvalue weighted by Crippen LogP contribution is -2.19. The molecule has 2 nitrogen and oxygen atoms in total. The van der Waals surface area contributed by atoms with Gasteiger partial charge >= 0.3 is 0 Å². The van der Waals surface area contributed by atoms with E-state index < -0.39 is 11.6 Å². The molecule has 0 amide bonds. The van der Waals surface area contributed by atoms with Gasteiger partial charge < -0.3 is 4.57 Å². The van der Waals surface area contributed by atoms with E-state index in [0.717, 1.165) is 23.8 Å². The molecule has 0 saturated carbocycles. The van der Waals surface area contributed by atoms with Gasteiger partial charge in [0.25, 0.3) is 5.56 Å². The number of halogens is 3. The van der Waals surface area contributed by atoms with E-state index in [1.54, 1.807) is 12.1 Å². The van der Waals surface area contributed by atoms with Crippen molar-refractivity contribution >= 4 is 11.6 Å². The van der Waals surface area contributed by atoms with E-state index in [-0.39, 0.29) is 11.1 Å². The van der Waals surface area contributed by atoms with Crippen molar-refractivity contribution in [2.45, 2.75) is 6.54 Å². The molecule has 0 atom stereocenters. The van der Waals surface area contributed by atoms with Gasteiger partial charge in [-0.05, 0) is 42.0 Å². The summed E-state index contributed by atoms with van der Waals surface area (Å²) in [6, 6.07) is 13.2. The molecule has 3 aromatic rings. The van der Waals surface area contributed by atoms with Gasteiger partial charge in [0, 0.05) is 28.4 Å². The van der Waals surface area contributed by atoms with Gasteiger partial charge in [-0.25, -0.2) is 8.78 Å². The molecule has 0 aliphatic rings. The smallest absolute Gasteiger partial charge is 0.250 e. The minimum Gasteiger partial charge on any atom is -0.310 e. The van der Waals surface area contributed by atoms with Crippen molar-refractivity contribution in [3.63, 3.8) is 0 Å². The van der Waals surface area contributed by atoms with Crippen LogP contribution in [0.15, 0.2) is 65.6 Å². The van der Waals surface area contributed by atoms with E-state index in [4.69, 9.17) is 11.6 Å². The predicted octanol–water partition coefficient (Wildman–Crippen LogP) is 4.50. The fourth-order valence-electron chi connectivity index (χ4n) is 2.32. The Hall–Kier alpha value is -2.46. The zero-order valence-electron chi connectivity index (χ0n) is 12.0. The monoisotopic (exact) mass is 331 g/mol. The highest BCUT2D eigenvalue weighted by Gasteiger charge is 2.08. The molecule has 0 bridgehead atoms. The Balaban J connectivity index is 2.00. The summed E-state index contributed by atoms with van der Waals surface area (Å²) < 4.78 is 28.7. The maximum absolute atomic E-state index is 13.9. The van der Waals surface area contributed by atoms with Crippen molar-refractivity contribution in [3.8, 4) is 11.1 Å². The molecule has 116 valence electrons. The molecular weight excluding hydrogens is 320 g/mol. The second-order valence-electron chi connectivity index (χ2n) is 5.13. The molecule has 5 heteroatoms. The molecule has 1 aromatic heterocycles. The van der Waals surface area contributed by atoms with E-state index in [1.165, 1.54) is 22.9 Å². The van der Waals surface area contributed by atoms with Crippen molar-refractivity contribution in [1.29, 1.82) is 0 Å². The van der Waals surface area contributed by atoms with Crippen LogP contribution in [-0.2, 0) is 6.54 Å². The molecule has 2 aromatic carbocycles. The fourth-order valence-corrected chi connectivity index (χ4v) is 2.45. The lowest BCUT2D eigenvalue weighted by molar-refractivity contribution is 0.603. The van der Waals surface area contributed by atoms with Crippen molar-refractivity contribution in [3.05, 3.63) is 93.4 Å². The topological polar surface area (TPSA) is 22.0 Å². The van der Waals surface area contributed by atoms with Crippen molar-refractivity contribution < 1.29 is 8.78 Å². The molecular formula is C18H12ClF2NO. The largest absolute Gasteiger partial charge is 0.310 e. The highest BCUT2D eigenvalue weighted by atomic mass is 35.5. The summed E-state index contributed by atoms with van der Waals surface area (Å²) in [5.41, 5.74) is 1.22. The Bertz CT molecular complexity index is 904. The van der Waals surface area contributed by atoms with Gasteiger partial charge in [-0.1, -0.05) is 23.7 Å². The molecule has 3 rings (SSSR count). The summed E-state index contributed by atoms with van der Waals surface area (Å²) in [5.74, 6) is -1.07. The summed E-state index contributed by atoms with van der Waals surface area (Å²) in [6.07, 6.45) is 1.52. The highest BCUT2D eigenvalue weighted by molar-refractivity contribution is 6.30. The molecule has 23 heavy (non-hydrogen) atoms. The minimum atomic E-state index is -0.539. The average molecular weight is 332 g/mol. The van der Waals surface area contributed by atoms with Crippen molar-refractivity contribution in [2.75, 3.05) is 0 Å². The van der Waals surface area contributed by atoms with E-state index in [9.17, 15) is 13.6 Å². The van der Waals surface area contributed by atoms with Crippen LogP contribution in [0.2, 0.25) is 5.02 Å². The quantitative estimate of drug-likeness (QED) is 0.693. The number of benzene rings is 2. The van der Waals surface area contributed by atoms with Crippen LogP contribution in [0.1, 0.15) is 5.56 Å². The number of hydrogen-bond donors (Lipinski definition) is 0. The highest BCUT2D eigenvalue weighted by Crippen LogP contribution is 2.23. The second kappa shape index (κ2) is 6.34. The number of pyridine rings is 1. The maximum Gasteiger partial charge on any atom is 0.250 e. The summed E-state index contributed by atoms with van der Waals surface area (Å²) in [6.45, 7) is 0.320. The van der Waals surface area contributed by atoms with E-state index >= 15 is 0 Å². The Morgan fingerprint density at radius 3 is 2.43 bits per heavy atom. The van der Waals surface area contributed by atoms with E-state index in [1.807, 2.05) is 12.1 Å². The van der Waals surface area contributed by atoms with Gasteiger partial charge in [0.1, 0.15) is 11.6 Å². The lowest BCUT2D eigenvalue weighted by Gasteiger charge is -2.09. The zero-order chi connectivity index (χ0) is 16.4. The van der Waals surface area contributed by atoms with Gasteiger partial charge in [-0.3, -0.25) is 4.79 Å². The first kappa shape index (κ1) is 15.4. The van der Waals surface area contributed by atoms with Gasteiger partial charge in [-0.2, -0.15) is 0 Å². The predicted molar refractivity (Wildman–Crippen MR) is 86.6 cm³/mol. The summed E-state index contributed by atoms with van der Waals surface area (Å²) in [5, 5.41) is 0.608. The lowest BCUT2D eigenvalue weighted by atomic mass is 10.1. The molecule has 0 N–H and O–H groups in total. The number of aromatic nitrogens is 1. The fraction of sp³-hybridized carbons (Fsp3) is 0.0556. The number of hydrogen-bond acceptors (Lipinski definition) is 1. The van der Waals surface area contributed by atoms with Crippen LogP contribution in [0.5, 0.6) is 0 Å². The SMILES string of the molecule is O=c1ccc(-c2cc(F)ccc2F)cn1Cc1ccc(Cl)cc1. The number of rotatable bonds is 3.